The van der Waals surface area contributed by atoms with Gasteiger partial charge in [-0.1, -0.05) is 13.8 Å². The standard InChI is InChI=1S/C27H30N4O3/c1-5-33-18-9-10-23(34-6-2)19(12-18)24-20(15-28)26(29)31(17-8-7-11-30-16-17)21-13-27(3,4)14-22(32)25(21)24/h7-12,16,24H,5-6,13-14,29H2,1-4H3/t24-/m1/s1. The molecule has 7 nitrogen and oxygen atoms in total. The molecule has 34 heavy (non-hydrogen) atoms. The van der Waals surface area contributed by atoms with E-state index in [1.54, 1.807) is 12.4 Å². The lowest BCUT2D eigenvalue weighted by atomic mass is 9.68. The van der Waals surface area contributed by atoms with Gasteiger partial charge in [0.2, 0.25) is 0 Å². The number of nitrogens with zero attached hydrogens (tertiary/aromatic N) is 3. The zero-order chi connectivity index (χ0) is 24.5. The van der Waals surface area contributed by atoms with Gasteiger partial charge in [-0.2, -0.15) is 5.26 Å². The van der Waals surface area contributed by atoms with Gasteiger partial charge in [-0.3, -0.25) is 14.7 Å². The molecule has 0 radical (unpaired) electrons. The van der Waals surface area contributed by atoms with Gasteiger partial charge in [0.15, 0.2) is 5.78 Å². The van der Waals surface area contributed by atoms with E-state index in [9.17, 15) is 10.1 Å². The van der Waals surface area contributed by atoms with Crippen LogP contribution in [0.3, 0.4) is 0 Å². The van der Waals surface area contributed by atoms with Crippen molar-refractivity contribution in [2.45, 2.75) is 46.5 Å². The van der Waals surface area contributed by atoms with Crippen LogP contribution in [0.2, 0.25) is 0 Å². The number of carbonyl (C=O) groups is 1. The third kappa shape index (κ3) is 4.12. The second kappa shape index (κ2) is 9.22. The summed E-state index contributed by atoms with van der Waals surface area (Å²) in [4.78, 5) is 19.8. The van der Waals surface area contributed by atoms with Crippen LogP contribution >= 0.6 is 0 Å². The molecule has 176 valence electrons. The van der Waals surface area contributed by atoms with Gasteiger partial charge in [-0.15, -0.1) is 0 Å². The second-order valence-corrected chi connectivity index (χ2v) is 9.26. The average Bonchev–Trinajstić information content (AvgIpc) is 2.79. The summed E-state index contributed by atoms with van der Waals surface area (Å²) >= 11 is 0. The highest BCUT2D eigenvalue weighted by atomic mass is 16.5. The van der Waals surface area contributed by atoms with Gasteiger partial charge in [0.25, 0.3) is 0 Å². The maximum Gasteiger partial charge on any atom is 0.162 e. The van der Waals surface area contributed by atoms with Gasteiger partial charge in [0, 0.05) is 29.5 Å². The Hall–Kier alpha value is -3.79. The molecule has 1 aromatic heterocycles. The number of nitriles is 1. The Morgan fingerprint density at radius 2 is 1.97 bits per heavy atom. The van der Waals surface area contributed by atoms with Crippen molar-refractivity contribution >= 4 is 11.5 Å². The summed E-state index contributed by atoms with van der Waals surface area (Å²) < 4.78 is 11.7. The number of nitrogens with two attached hydrogens (primary N) is 1. The zero-order valence-corrected chi connectivity index (χ0v) is 20.1. The van der Waals surface area contributed by atoms with E-state index in [-0.39, 0.29) is 11.2 Å². The molecule has 1 aromatic carbocycles. The first kappa shape index (κ1) is 23.4. The Kier molecular flexibility index (Phi) is 6.34. The van der Waals surface area contributed by atoms with Gasteiger partial charge in [-0.25, -0.2) is 0 Å². The molecule has 1 atom stereocenters. The highest BCUT2D eigenvalue weighted by Crippen LogP contribution is 2.51. The number of rotatable bonds is 6. The van der Waals surface area contributed by atoms with Crippen molar-refractivity contribution in [1.29, 1.82) is 5.26 Å². The summed E-state index contributed by atoms with van der Waals surface area (Å²) in [6.45, 7) is 8.91. The number of pyridine rings is 1. The number of carbonyl (C=O) groups excluding carboxylic acids is 1. The smallest absolute Gasteiger partial charge is 0.162 e. The normalized spacial score (nSPS) is 19.6. The number of hydrogen-bond acceptors (Lipinski definition) is 7. The van der Waals surface area contributed by atoms with E-state index in [1.165, 1.54) is 0 Å². The highest BCUT2D eigenvalue weighted by molar-refractivity contribution is 6.01. The number of ketones is 1. The second-order valence-electron chi connectivity index (χ2n) is 9.26. The summed E-state index contributed by atoms with van der Waals surface area (Å²) in [5.74, 6) is 0.926. The molecule has 0 saturated carbocycles. The summed E-state index contributed by atoms with van der Waals surface area (Å²) in [5, 5.41) is 10.3. The molecule has 2 aliphatic rings. The lowest BCUT2D eigenvalue weighted by molar-refractivity contribution is -0.118. The van der Waals surface area contributed by atoms with Crippen LogP contribution in [0.25, 0.3) is 0 Å². The molecule has 2 aromatic rings. The highest BCUT2D eigenvalue weighted by Gasteiger charge is 2.45. The minimum Gasteiger partial charge on any atom is -0.494 e. The van der Waals surface area contributed by atoms with E-state index in [0.29, 0.717) is 60.1 Å². The molecular formula is C27H30N4O3. The number of allylic oxidation sites excluding steroid dienone is 3. The Labute approximate surface area is 200 Å². The lowest BCUT2D eigenvalue weighted by Gasteiger charge is -2.43. The van der Waals surface area contributed by atoms with Crippen molar-refractivity contribution in [2.75, 3.05) is 18.1 Å². The van der Waals surface area contributed by atoms with Gasteiger partial charge in [0.05, 0.1) is 42.7 Å². The molecule has 0 bridgehead atoms. The summed E-state index contributed by atoms with van der Waals surface area (Å²) in [7, 11) is 0. The average molecular weight is 459 g/mol. The lowest BCUT2D eigenvalue weighted by Crippen LogP contribution is -2.42. The minimum atomic E-state index is -0.640. The summed E-state index contributed by atoms with van der Waals surface area (Å²) in [6, 6.07) is 11.5. The molecule has 1 aliphatic heterocycles. The van der Waals surface area contributed by atoms with Crippen molar-refractivity contribution in [3.63, 3.8) is 0 Å². The number of anilines is 1. The first-order chi connectivity index (χ1) is 16.3. The Morgan fingerprint density at radius 1 is 1.21 bits per heavy atom. The van der Waals surface area contributed by atoms with Crippen molar-refractivity contribution in [1.82, 2.24) is 4.98 Å². The minimum absolute atomic E-state index is 0.00894. The quantitative estimate of drug-likeness (QED) is 0.662. The molecule has 0 fully saturated rings. The molecule has 0 spiro atoms. The molecule has 7 heteroatoms. The van der Waals surface area contributed by atoms with Crippen molar-refractivity contribution < 1.29 is 14.3 Å². The zero-order valence-electron chi connectivity index (χ0n) is 20.1. The predicted molar refractivity (Wildman–Crippen MR) is 130 cm³/mol. The maximum absolute atomic E-state index is 13.7. The number of ether oxygens (including phenoxy) is 2. The van der Waals surface area contributed by atoms with Crippen LogP contribution in [0.5, 0.6) is 11.5 Å². The van der Waals surface area contributed by atoms with Gasteiger partial charge < -0.3 is 15.2 Å². The van der Waals surface area contributed by atoms with Crippen molar-refractivity contribution in [2.24, 2.45) is 11.1 Å². The first-order valence-corrected chi connectivity index (χ1v) is 11.6. The van der Waals surface area contributed by atoms with Crippen LogP contribution in [0.15, 0.2) is 65.4 Å². The first-order valence-electron chi connectivity index (χ1n) is 11.6. The van der Waals surface area contributed by atoms with E-state index >= 15 is 0 Å². The molecule has 1 aliphatic carbocycles. The SMILES string of the molecule is CCOc1ccc(OCC)c([C@@H]2C(C#N)=C(N)N(c3cccnc3)C3=C2C(=O)CC(C)(C)C3)c1. The molecule has 2 heterocycles. The fourth-order valence-corrected chi connectivity index (χ4v) is 4.90. The maximum atomic E-state index is 13.7. The largest absolute Gasteiger partial charge is 0.494 e. The number of aromatic nitrogens is 1. The molecule has 0 amide bonds. The molecule has 0 saturated heterocycles. The van der Waals surface area contributed by atoms with Gasteiger partial charge >= 0.3 is 0 Å². The van der Waals surface area contributed by atoms with E-state index in [1.807, 2.05) is 49.1 Å². The van der Waals surface area contributed by atoms with Crippen molar-refractivity contribution in [3.05, 3.63) is 71.0 Å². The Balaban J connectivity index is 2.01. The fraction of sp³-hybridized carbons (Fsp3) is 0.370. The molecular weight excluding hydrogens is 428 g/mol. The van der Waals surface area contributed by atoms with Crippen LogP contribution in [-0.4, -0.2) is 24.0 Å². The monoisotopic (exact) mass is 458 g/mol. The Bertz CT molecular complexity index is 1210. The third-order valence-corrected chi connectivity index (χ3v) is 6.19. The van der Waals surface area contributed by atoms with Crippen molar-refractivity contribution in [3.8, 4) is 17.6 Å². The molecule has 2 N–H and O–H groups in total. The van der Waals surface area contributed by atoms with E-state index in [0.717, 1.165) is 11.4 Å². The van der Waals surface area contributed by atoms with Gasteiger partial charge in [-0.05, 0) is 56.0 Å². The number of hydrogen-bond donors (Lipinski definition) is 1. The summed E-state index contributed by atoms with van der Waals surface area (Å²) in [6.07, 6.45) is 4.39. The predicted octanol–water partition coefficient (Wildman–Crippen LogP) is 4.82. The van der Waals surface area contributed by atoms with Crippen LogP contribution < -0.4 is 20.1 Å². The number of Topliss-reactive ketones (excluding diaryl/α,β-unsaturated/α-hetero) is 1. The molecule has 0 unspecified atom stereocenters. The van der Waals surface area contributed by atoms with Crippen LogP contribution in [0, 0.1) is 16.7 Å². The van der Waals surface area contributed by atoms with E-state index < -0.39 is 5.92 Å². The van der Waals surface area contributed by atoms with Crippen LogP contribution in [0.4, 0.5) is 5.69 Å². The van der Waals surface area contributed by atoms with E-state index in [4.69, 9.17) is 15.2 Å². The van der Waals surface area contributed by atoms with Crippen LogP contribution in [-0.2, 0) is 4.79 Å². The third-order valence-electron chi connectivity index (χ3n) is 6.19. The fourth-order valence-electron chi connectivity index (χ4n) is 4.90. The topological polar surface area (TPSA) is 101 Å². The van der Waals surface area contributed by atoms with E-state index in [2.05, 4.69) is 24.9 Å². The van der Waals surface area contributed by atoms with Crippen LogP contribution in [0.1, 0.15) is 52.0 Å². The summed E-state index contributed by atoms with van der Waals surface area (Å²) in [5.41, 5.74) is 9.57. The molecule has 4 rings (SSSR count). The Morgan fingerprint density at radius 3 is 2.62 bits per heavy atom. The number of benzene rings is 1. The van der Waals surface area contributed by atoms with Gasteiger partial charge in [0.1, 0.15) is 17.3 Å².